The number of carboxylic acid groups (broad SMARTS) is 1. The van der Waals surface area contributed by atoms with Crippen LogP contribution in [-0.4, -0.2) is 70.0 Å². The molecule has 1 fully saturated rings. The van der Waals surface area contributed by atoms with E-state index in [1.165, 1.54) is 4.90 Å². The van der Waals surface area contributed by atoms with E-state index >= 15 is 0 Å². The van der Waals surface area contributed by atoms with Gasteiger partial charge in [-0.05, 0) is 30.2 Å². The summed E-state index contributed by atoms with van der Waals surface area (Å²) >= 11 is 0. The predicted molar refractivity (Wildman–Crippen MR) is 121 cm³/mol. The Balaban J connectivity index is 1.40. The molecule has 3 N–H and O–H groups in total. The number of hydrogen-bond donors (Lipinski definition) is 2. The van der Waals surface area contributed by atoms with E-state index in [2.05, 4.69) is 9.88 Å². The fourth-order valence-corrected chi connectivity index (χ4v) is 4.23. The van der Waals surface area contributed by atoms with Gasteiger partial charge in [0.2, 0.25) is 5.91 Å². The molecule has 180 valence electrons. The number of fused-ring (bicyclic) bond motifs is 1. The highest BCUT2D eigenvalue weighted by molar-refractivity contribution is 6.01. The topological polar surface area (TPSA) is 135 Å². The number of nitrogens with zero attached hydrogens (tertiary/aromatic N) is 3. The van der Waals surface area contributed by atoms with E-state index < -0.39 is 17.9 Å². The number of hydrogen-bond acceptors (Lipinski definition) is 7. The Labute approximate surface area is 197 Å². The number of carbonyl (C=O) groups excluding carboxylic acids is 2. The first kappa shape index (κ1) is 23.7. The highest BCUT2D eigenvalue weighted by Gasteiger charge is 2.37. The molecule has 0 saturated carbocycles. The number of rotatable bonds is 10. The minimum atomic E-state index is -1.05. The van der Waals surface area contributed by atoms with Crippen molar-refractivity contribution in [2.75, 3.05) is 26.3 Å². The molecule has 1 saturated heterocycles. The molecule has 4 rings (SSSR count). The number of pyridine rings is 1. The van der Waals surface area contributed by atoms with Crippen LogP contribution in [0, 0.1) is 0 Å². The molecule has 1 atom stereocenters. The Morgan fingerprint density at radius 3 is 2.68 bits per heavy atom. The van der Waals surface area contributed by atoms with Crippen molar-refractivity contribution in [3.63, 3.8) is 0 Å². The molecular formula is C24H28N4O6. The Morgan fingerprint density at radius 2 is 2.00 bits per heavy atom. The molecule has 1 unspecified atom stereocenters. The van der Waals surface area contributed by atoms with Gasteiger partial charge in [-0.2, -0.15) is 0 Å². The maximum Gasteiger partial charge on any atom is 0.303 e. The van der Waals surface area contributed by atoms with Crippen LogP contribution < -0.4 is 10.5 Å². The molecule has 0 spiro atoms. The second kappa shape index (κ2) is 10.6. The van der Waals surface area contributed by atoms with Crippen LogP contribution in [0.15, 0.2) is 36.5 Å². The number of benzene rings is 1. The molecule has 0 radical (unpaired) electrons. The van der Waals surface area contributed by atoms with Crippen molar-refractivity contribution in [2.24, 2.45) is 5.73 Å². The van der Waals surface area contributed by atoms with Crippen molar-refractivity contribution < 1.29 is 29.0 Å². The van der Waals surface area contributed by atoms with Crippen molar-refractivity contribution in [3.05, 3.63) is 58.9 Å². The number of morpholine rings is 1. The lowest BCUT2D eigenvalue weighted by atomic mass is 10.1. The second-order valence-electron chi connectivity index (χ2n) is 8.40. The lowest BCUT2D eigenvalue weighted by Gasteiger charge is -2.26. The van der Waals surface area contributed by atoms with Crippen molar-refractivity contribution in [1.82, 2.24) is 14.8 Å². The zero-order valence-corrected chi connectivity index (χ0v) is 18.8. The summed E-state index contributed by atoms with van der Waals surface area (Å²) < 4.78 is 11.4. The van der Waals surface area contributed by atoms with Crippen LogP contribution in [0.1, 0.15) is 40.0 Å². The van der Waals surface area contributed by atoms with Crippen molar-refractivity contribution >= 4 is 17.8 Å². The van der Waals surface area contributed by atoms with Crippen LogP contribution in [0.2, 0.25) is 0 Å². The van der Waals surface area contributed by atoms with E-state index in [1.54, 1.807) is 18.2 Å². The largest absolute Gasteiger partial charge is 0.487 e. The Hall–Kier alpha value is -3.50. The average Bonchev–Trinajstić information content (AvgIpc) is 3.16. The van der Waals surface area contributed by atoms with Crippen LogP contribution in [0.3, 0.4) is 0 Å². The first-order chi connectivity index (χ1) is 16.4. The predicted octanol–water partition coefficient (Wildman–Crippen LogP) is 1.17. The van der Waals surface area contributed by atoms with E-state index in [0.29, 0.717) is 16.9 Å². The minimum Gasteiger partial charge on any atom is -0.487 e. The van der Waals surface area contributed by atoms with Gasteiger partial charge in [-0.25, -0.2) is 0 Å². The number of nitrogens with two attached hydrogens (primary N) is 1. The van der Waals surface area contributed by atoms with Gasteiger partial charge in [0.15, 0.2) is 0 Å². The smallest absolute Gasteiger partial charge is 0.303 e. The monoisotopic (exact) mass is 468 g/mol. The summed E-state index contributed by atoms with van der Waals surface area (Å²) in [6.07, 6.45) is 1.54. The van der Waals surface area contributed by atoms with Crippen molar-refractivity contribution in [3.8, 4) is 5.75 Å². The SMILES string of the molecule is NC(=O)C(CCC(=O)O)N1Cc2c(OCc3ccc(CN4CCOCC4)cn3)cccc2C1=O. The molecule has 3 heterocycles. The highest BCUT2D eigenvalue weighted by atomic mass is 16.5. The molecule has 10 nitrogen and oxygen atoms in total. The first-order valence-electron chi connectivity index (χ1n) is 11.2. The molecule has 0 bridgehead atoms. The van der Waals surface area contributed by atoms with Crippen LogP contribution >= 0.6 is 0 Å². The lowest BCUT2D eigenvalue weighted by molar-refractivity contribution is -0.137. The molecule has 10 heteroatoms. The van der Waals surface area contributed by atoms with Gasteiger partial charge in [0, 0.05) is 43.4 Å². The molecule has 2 aliphatic rings. The minimum absolute atomic E-state index is 0.0404. The summed E-state index contributed by atoms with van der Waals surface area (Å²) in [6.45, 7) is 4.49. The van der Waals surface area contributed by atoms with Crippen LogP contribution in [0.25, 0.3) is 0 Å². The van der Waals surface area contributed by atoms with Gasteiger partial charge in [-0.15, -0.1) is 0 Å². The standard InChI is InChI=1S/C24H28N4O6/c25-23(31)20(6-7-22(29)30)28-14-19-18(24(28)32)2-1-3-21(19)34-15-17-5-4-16(12-26-17)13-27-8-10-33-11-9-27/h1-5,12,20H,6-11,13-15H2,(H2,25,31)(H,29,30). The van der Waals surface area contributed by atoms with Gasteiger partial charge in [0.25, 0.3) is 5.91 Å². The summed E-state index contributed by atoms with van der Waals surface area (Å²) in [5.41, 5.74) is 8.41. The third-order valence-corrected chi connectivity index (χ3v) is 6.06. The molecule has 2 aromatic rings. The third kappa shape index (κ3) is 5.52. The number of primary amides is 1. The summed E-state index contributed by atoms with van der Waals surface area (Å²) in [6, 6.07) is 8.10. The highest BCUT2D eigenvalue weighted by Crippen LogP contribution is 2.33. The number of aromatic nitrogens is 1. The lowest BCUT2D eigenvalue weighted by Crippen LogP contribution is -2.45. The van der Waals surface area contributed by atoms with E-state index in [0.717, 1.165) is 44.1 Å². The molecule has 2 aliphatic heterocycles. The van der Waals surface area contributed by atoms with E-state index in [1.807, 2.05) is 18.3 Å². The van der Waals surface area contributed by atoms with E-state index in [9.17, 15) is 14.4 Å². The summed E-state index contributed by atoms with van der Waals surface area (Å²) in [5.74, 6) is -1.62. The fraction of sp³-hybridized carbons (Fsp3) is 0.417. The van der Waals surface area contributed by atoms with E-state index in [-0.39, 0.29) is 31.9 Å². The molecule has 0 aliphatic carbocycles. The van der Waals surface area contributed by atoms with Gasteiger partial charge >= 0.3 is 5.97 Å². The normalized spacial score (nSPS) is 16.8. The third-order valence-electron chi connectivity index (χ3n) is 6.06. The summed E-state index contributed by atoms with van der Waals surface area (Å²) in [4.78, 5) is 43.9. The Bertz CT molecular complexity index is 1050. The van der Waals surface area contributed by atoms with Gasteiger partial charge in [0.05, 0.1) is 25.5 Å². The zero-order valence-electron chi connectivity index (χ0n) is 18.8. The van der Waals surface area contributed by atoms with Gasteiger partial charge in [-0.1, -0.05) is 12.1 Å². The fourth-order valence-electron chi connectivity index (χ4n) is 4.23. The van der Waals surface area contributed by atoms with Crippen molar-refractivity contribution in [2.45, 2.75) is 38.6 Å². The van der Waals surface area contributed by atoms with Crippen molar-refractivity contribution in [1.29, 1.82) is 0 Å². The van der Waals surface area contributed by atoms with Gasteiger partial charge in [-0.3, -0.25) is 24.3 Å². The molecular weight excluding hydrogens is 440 g/mol. The second-order valence-corrected chi connectivity index (χ2v) is 8.40. The Kier molecular flexibility index (Phi) is 7.39. The molecule has 1 aromatic carbocycles. The average molecular weight is 469 g/mol. The maximum atomic E-state index is 12.9. The van der Waals surface area contributed by atoms with Gasteiger partial charge in [0.1, 0.15) is 18.4 Å². The molecule has 1 aromatic heterocycles. The van der Waals surface area contributed by atoms with Crippen LogP contribution in [-0.2, 0) is 34.0 Å². The Morgan fingerprint density at radius 1 is 1.21 bits per heavy atom. The number of carbonyl (C=O) groups is 3. The van der Waals surface area contributed by atoms with Crippen LogP contribution in [0.4, 0.5) is 0 Å². The summed E-state index contributed by atoms with van der Waals surface area (Å²) in [5, 5.41) is 8.96. The number of ether oxygens (including phenoxy) is 2. The van der Waals surface area contributed by atoms with Crippen LogP contribution in [0.5, 0.6) is 5.75 Å². The maximum absolute atomic E-state index is 12.9. The first-order valence-corrected chi connectivity index (χ1v) is 11.2. The molecule has 34 heavy (non-hydrogen) atoms. The number of aliphatic carboxylic acids is 1. The van der Waals surface area contributed by atoms with E-state index in [4.69, 9.17) is 20.3 Å². The molecule has 2 amide bonds. The number of carboxylic acids is 1. The zero-order chi connectivity index (χ0) is 24.1. The quantitative estimate of drug-likeness (QED) is 0.530. The summed E-state index contributed by atoms with van der Waals surface area (Å²) in [7, 11) is 0. The van der Waals surface area contributed by atoms with Gasteiger partial charge < -0.3 is 25.2 Å². The number of amides is 2.